The van der Waals surface area contributed by atoms with E-state index in [2.05, 4.69) is 17.0 Å². The molecule has 1 aromatic heterocycles. The van der Waals surface area contributed by atoms with Gasteiger partial charge in [-0.05, 0) is 19.9 Å². The lowest BCUT2D eigenvalue weighted by atomic mass is 9.81. The summed E-state index contributed by atoms with van der Waals surface area (Å²) in [5.41, 5.74) is 1.09. The van der Waals surface area contributed by atoms with Gasteiger partial charge >= 0.3 is 0 Å². The van der Waals surface area contributed by atoms with Gasteiger partial charge in [0.25, 0.3) is 0 Å². The number of aldehydes is 1. The third kappa shape index (κ3) is 3.90. The van der Waals surface area contributed by atoms with E-state index in [0.29, 0.717) is 0 Å². The van der Waals surface area contributed by atoms with E-state index >= 15 is 0 Å². The molecule has 1 aromatic rings. The van der Waals surface area contributed by atoms with Gasteiger partial charge in [-0.1, -0.05) is 25.7 Å². The van der Waals surface area contributed by atoms with Gasteiger partial charge < -0.3 is 9.69 Å². The van der Waals surface area contributed by atoms with Gasteiger partial charge in [-0.15, -0.1) is 0 Å². The predicted molar refractivity (Wildman–Crippen MR) is 75.7 cm³/mol. The Balaban J connectivity index is 1.95. The lowest BCUT2D eigenvalue weighted by Gasteiger charge is -2.31. The molecule has 19 heavy (non-hydrogen) atoms. The zero-order valence-electron chi connectivity index (χ0n) is 12.1. The molecule has 0 saturated heterocycles. The van der Waals surface area contributed by atoms with Crippen LogP contribution in [0.5, 0.6) is 0 Å². The normalized spacial score (nSPS) is 19.3. The van der Waals surface area contributed by atoms with Crippen molar-refractivity contribution in [3.8, 4) is 0 Å². The van der Waals surface area contributed by atoms with Crippen molar-refractivity contribution in [3.05, 3.63) is 18.0 Å². The highest BCUT2D eigenvalue weighted by molar-refractivity contribution is 5.59. The van der Waals surface area contributed by atoms with E-state index < -0.39 is 0 Å². The van der Waals surface area contributed by atoms with E-state index in [4.69, 9.17) is 0 Å². The topological polar surface area (TPSA) is 38.1 Å². The average molecular weight is 263 g/mol. The molecule has 0 atom stereocenters. The quantitative estimate of drug-likeness (QED) is 0.605. The van der Waals surface area contributed by atoms with Crippen LogP contribution in [0.15, 0.2) is 12.4 Å². The number of aryl methyl sites for hydroxylation is 1. The van der Waals surface area contributed by atoms with Gasteiger partial charge in [0, 0.05) is 37.3 Å². The maximum absolute atomic E-state index is 11.6. The Morgan fingerprint density at radius 2 is 2.05 bits per heavy atom. The standard InChI is InChI=1S/C15H25N3O/c1-17(10-14-9-16-18(2)11-14)12-15(13-19)7-5-3-4-6-8-15/h9,11,13H,3-8,10,12H2,1-2H3. The molecule has 0 radical (unpaired) electrons. The van der Waals surface area contributed by atoms with E-state index in [9.17, 15) is 4.79 Å². The van der Waals surface area contributed by atoms with Crippen molar-refractivity contribution in [1.29, 1.82) is 0 Å². The smallest absolute Gasteiger partial charge is 0.127 e. The minimum Gasteiger partial charge on any atom is -0.303 e. The fourth-order valence-electron chi connectivity index (χ4n) is 3.20. The highest BCUT2D eigenvalue weighted by Gasteiger charge is 2.31. The molecule has 0 aliphatic heterocycles. The van der Waals surface area contributed by atoms with Crippen molar-refractivity contribution in [2.75, 3.05) is 13.6 Å². The second-order valence-corrected chi connectivity index (χ2v) is 6.09. The first-order chi connectivity index (χ1) is 9.13. The summed E-state index contributed by atoms with van der Waals surface area (Å²) < 4.78 is 1.82. The molecule has 0 spiro atoms. The maximum atomic E-state index is 11.6. The minimum atomic E-state index is -0.118. The summed E-state index contributed by atoms with van der Waals surface area (Å²) in [6.45, 7) is 1.73. The molecule has 0 unspecified atom stereocenters. The van der Waals surface area contributed by atoms with Crippen molar-refractivity contribution >= 4 is 6.29 Å². The summed E-state index contributed by atoms with van der Waals surface area (Å²) in [5, 5.41) is 4.19. The molecule has 2 rings (SSSR count). The molecule has 0 aromatic carbocycles. The van der Waals surface area contributed by atoms with E-state index in [0.717, 1.165) is 25.9 Å². The molecule has 4 heteroatoms. The highest BCUT2D eigenvalue weighted by atomic mass is 16.1. The third-order valence-corrected chi connectivity index (χ3v) is 4.14. The molecule has 1 fully saturated rings. The number of hydrogen-bond donors (Lipinski definition) is 0. The number of carbonyl (C=O) groups is 1. The SMILES string of the molecule is CN(Cc1cnn(C)c1)CC1(C=O)CCCCCC1. The molecule has 0 amide bonds. The highest BCUT2D eigenvalue weighted by Crippen LogP contribution is 2.34. The van der Waals surface area contributed by atoms with Crippen LogP contribution in [0.1, 0.15) is 44.1 Å². The van der Waals surface area contributed by atoms with Crippen LogP contribution in [-0.4, -0.2) is 34.6 Å². The first-order valence-corrected chi connectivity index (χ1v) is 7.26. The number of carbonyl (C=O) groups excluding carboxylic acids is 1. The van der Waals surface area contributed by atoms with Crippen molar-refractivity contribution in [2.24, 2.45) is 12.5 Å². The van der Waals surface area contributed by atoms with E-state index in [1.807, 2.05) is 24.1 Å². The summed E-state index contributed by atoms with van der Waals surface area (Å²) >= 11 is 0. The van der Waals surface area contributed by atoms with Crippen molar-refractivity contribution in [2.45, 2.75) is 45.1 Å². The Labute approximate surface area is 115 Å². The Kier molecular flexibility index (Phi) is 4.75. The van der Waals surface area contributed by atoms with Crippen LogP contribution >= 0.6 is 0 Å². The summed E-state index contributed by atoms with van der Waals surface area (Å²) in [4.78, 5) is 13.8. The zero-order valence-corrected chi connectivity index (χ0v) is 12.1. The second kappa shape index (κ2) is 6.33. The molecule has 106 valence electrons. The van der Waals surface area contributed by atoms with Crippen LogP contribution < -0.4 is 0 Å². The van der Waals surface area contributed by atoms with Crippen molar-refractivity contribution in [3.63, 3.8) is 0 Å². The van der Waals surface area contributed by atoms with Crippen LogP contribution in [0.3, 0.4) is 0 Å². The lowest BCUT2D eigenvalue weighted by molar-refractivity contribution is -0.118. The molecule has 0 bridgehead atoms. The first kappa shape index (κ1) is 14.3. The fourth-order valence-corrected chi connectivity index (χ4v) is 3.20. The number of rotatable bonds is 5. The zero-order chi connectivity index (χ0) is 13.7. The van der Waals surface area contributed by atoms with Crippen molar-refractivity contribution < 1.29 is 4.79 Å². The Morgan fingerprint density at radius 3 is 2.58 bits per heavy atom. The predicted octanol–water partition coefficient (Wildman–Crippen LogP) is 2.39. The molecule has 1 heterocycles. The monoisotopic (exact) mass is 263 g/mol. The van der Waals surface area contributed by atoms with Crippen LogP contribution in [0, 0.1) is 5.41 Å². The fraction of sp³-hybridized carbons (Fsp3) is 0.733. The van der Waals surface area contributed by atoms with Gasteiger partial charge in [-0.2, -0.15) is 5.10 Å². The molecular weight excluding hydrogens is 238 g/mol. The average Bonchev–Trinajstić information content (AvgIpc) is 2.65. The van der Waals surface area contributed by atoms with Gasteiger partial charge in [-0.25, -0.2) is 0 Å². The van der Waals surface area contributed by atoms with Crippen LogP contribution in [-0.2, 0) is 18.4 Å². The summed E-state index contributed by atoms with van der Waals surface area (Å²) in [6.07, 6.45) is 12.2. The Bertz CT molecular complexity index is 405. The van der Waals surface area contributed by atoms with Gasteiger partial charge in [0.05, 0.1) is 6.20 Å². The molecule has 1 aliphatic carbocycles. The molecule has 1 aliphatic rings. The molecule has 0 N–H and O–H groups in total. The molecule has 1 saturated carbocycles. The number of hydrogen-bond acceptors (Lipinski definition) is 3. The van der Waals surface area contributed by atoms with Crippen molar-refractivity contribution in [1.82, 2.24) is 14.7 Å². The minimum absolute atomic E-state index is 0.118. The van der Waals surface area contributed by atoms with E-state index in [1.54, 1.807) is 0 Å². The lowest BCUT2D eigenvalue weighted by Crippen LogP contribution is -2.36. The van der Waals surface area contributed by atoms with E-state index in [1.165, 1.54) is 37.5 Å². The second-order valence-electron chi connectivity index (χ2n) is 6.09. The molecular formula is C15H25N3O. The van der Waals surface area contributed by atoms with Crippen LogP contribution in [0.2, 0.25) is 0 Å². The van der Waals surface area contributed by atoms with Gasteiger partial charge in [-0.3, -0.25) is 4.68 Å². The Hall–Kier alpha value is -1.16. The maximum Gasteiger partial charge on any atom is 0.127 e. The van der Waals surface area contributed by atoms with Crippen LogP contribution in [0.25, 0.3) is 0 Å². The van der Waals surface area contributed by atoms with Gasteiger partial charge in [0.1, 0.15) is 6.29 Å². The number of nitrogens with zero attached hydrogens (tertiary/aromatic N) is 3. The Morgan fingerprint density at radius 1 is 1.37 bits per heavy atom. The first-order valence-electron chi connectivity index (χ1n) is 7.26. The summed E-state index contributed by atoms with van der Waals surface area (Å²) in [5.74, 6) is 0. The molecule has 4 nitrogen and oxygen atoms in total. The largest absolute Gasteiger partial charge is 0.303 e. The van der Waals surface area contributed by atoms with Crippen LogP contribution in [0.4, 0.5) is 0 Å². The van der Waals surface area contributed by atoms with Gasteiger partial charge in [0.15, 0.2) is 0 Å². The van der Waals surface area contributed by atoms with Gasteiger partial charge in [0.2, 0.25) is 0 Å². The number of aromatic nitrogens is 2. The summed E-state index contributed by atoms with van der Waals surface area (Å²) in [7, 11) is 4.03. The summed E-state index contributed by atoms with van der Waals surface area (Å²) in [6, 6.07) is 0. The van der Waals surface area contributed by atoms with E-state index in [-0.39, 0.29) is 5.41 Å². The third-order valence-electron chi connectivity index (χ3n) is 4.14.